The Kier molecular flexibility index (Phi) is 5.68. The second-order valence-electron chi connectivity index (χ2n) is 5.71. The number of hydrogen-bond acceptors (Lipinski definition) is 6. The molecule has 3 aromatic rings. The van der Waals surface area contributed by atoms with E-state index in [1.54, 1.807) is 17.0 Å². The van der Waals surface area contributed by atoms with Gasteiger partial charge in [-0.05, 0) is 31.5 Å². The van der Waals surface area contributed by atoms with E-state index in [1.165, 1.54) is 0 Å². The number of para-hydroxylation sites is 1. The lowest BCUT2D eigenvalue weighted by Crippen LogP contribution is -2.30. The van der Waals surface area contributed by atoms with Crippen LogP contribution in [0, 0.1) is 0 Å². The number of nitrogens with zero attached hydrogens (tertiary/aromatic N) is 3. The smallest absolute Gasteiger partial charge is 0.290 e. The third kappa shape index (κ3) is 4.30. The van der Waals surface area contributed by atoms with Crippen molar-refractivity contribution in [2.45, 2.75) is 33.2 Å². The maximum atomic E-state index is 12.7. The zero-order valence-corrected chi connectivity index (χ0v) is 14.8. The van der Waals surface area contributed by atoms with Crippen molar-refractivity contribution in [3.63, 3.8) is 0 Å². The van der Waals surface area contributed by atoms with Gasteiger partial charge in [-0.3, -0.25) is 4.79 Å². The van der Waals surface area contributed by atoms with Crippen molar-refractivity contribution in [3.05, 3.63) is 59.9 Å². The molecule has 1 aromatic carbocycles. The molecule has 0 saturated carbocycles. The van der Waals surface area contributed by atoms with Gasteiger partial charge in [0, 0.05) is 19.0 Å². The summed E-state index contributed by atoms with van der Waals surface area (Å²) in [5.74, 6) is 1.93. The minimum absolute atomic E-state index is 0.204. The van der Waals surface area contributed by atoms with Crippen molar-refractivity contribution in [1.29, 1.82) is 0 Å². The molecule has 0 radical (unpaired) electrons. The number of rotatable bonds is 8. The maximum Gasteiger partial charge on any atom is 0.290 e. The SMILES string of the molecule is CCCc1nc(CN(CC)C(=O)c2ccc(Oc3ccccc3)o2)no1. The average Bonchev–Trinajstić information content (AvgIpc) is 3.30. The van der Waals surface area contributed by atoms with Gasteiger partial charge < -0.3 is 18.6 Å². The molecule has 136 valence electrons. The Labute approximate surface area is 151 Å². The third-order valence-electron chi connectivity index (χ3n) is 3.73. The van der Waals surface area contributed by atoms with Crippen molar-refractivity contribution in [2.24, 2.45) is 0 Å². The van der Waals surface area contributed by atoms with Crippen LogP contribution in [0.1, 0.15) is 42.5 Å². The summed E-state index contributed by atoms with van der Waals surface area (Å²) in [7, 11) is 0. The van der Waals surface area contributed by atoms with Crippen LogP contribution in [-0.4, -0.2) is 27.5 Å². The summed E-state index contributed by atoms with van der Waals surface area (Å²) in [6.45, 7) is 4.68. The molecule has 3 rings (SSSR count). The molecule has 0 bridgehead atoms. The van der Waals surface area contributed by atoms with Crippen LogP contribution in [0.25, 0.3) is 0 Å². The van der Waals surface area contributed by atoms with Crippen molar-refractivity contribution >= 4 is 5.91 Å². The molecule has 7 heteroatoms. The fraction of sp³-hybridized carbons (Fsp3) is 0.316. The number of carbonyl (C=O) groups is 1. The Bertz CT molecular complexity index is 841. The molecule has 0 fully saturated rings. The highest BCUT2D eigenvalue weighted by Gasteiger charge is 2.21. The van der Waals surface area contributed by atoms with Crippen LogP contribution in [0.3, 0.4) is 0 Å². The largest absolute Gasteiger partial charge is 0.426 e. The summed E-state index contributed by atoms with van der Waals surface area (Å²) in [6, 6.07) is 12.5. The molecule has 0 spiro atoms. The number of carbonyl (C=O) groups excluding carboxylic acids is 1. The van der Waals surface area contributed by atoms with Gasteiger partial charge >= 0.3 is 0 Å². The van der Waals surface area contributed by atoms with Crippen molar-refractivity contribution in [3.8, 4) is 11.7 Å². The fourth-order valence-electron chi connectivity index (χ4n) is 2.42. The summed E-state index contributed by atoms with van der Waals surface area (Å²) in [5.41, 5.74) is 0. The molecule has 0 atom stereocenters. The van der Waals surface area contributed by atoms with E-state index in [0.29, 0.717) is 24.0 Å². The van der Waals surface area contributed by atoms with Gasteiger partial charge in [-0.25, -0.2) is 0 Å². The Morgan fingerprint density at radius 1 is 1.15 bits per heavy atom. The minimum Gasteiger partial charge on any atom is -0.426 e. The first-order valence-electron chi connectivity index (χ1n) is 8.63. The predicted molar refractivity (Wildman–Crippen MR) is 93.9 cm³/mol. The summed E-state index contributed by atoms with van der Waals surface area (Å²) in [4.78, 5) is 18.6. The van der Waals surface area contributed by atoms with Crippen LogP contribution < -0.4 is 4.74 Å². The van der Waals surface area contributed by atoms with E-state index in [-0.39, 0.29) is 24.2 Å². The predicted octanol–water partition coefficient (Wildman–Crippen LogP) is 4.07. The molecule has 0 saturated heterocycles. The Balaban J connectivity index is 1.66. The fourth-order valence-corrected chi connectivity index (χ4v) is 2.42. The number of aromatic nitrogens is 2. The Morgan fingerprint density at radius 3 is 2.69 bits per heavy atom. The van der Waals surface area contributed by atoms with Crippen LogP contribution in [0.5, 0.6) is 11.7 Å². The van der Waals surface area contributed by atoms with Crippen LogP contribution in [-0.2, 0) is 13.0 Å². The molecule has 0 aliphatic carbocycles. The van der Waals surface area contributed by atoms with E-state index in [2.05, 4.69) is 10.1 Å². The number of aryl methyl sites for hydroxylation is 1. The Hall–Kier alpha value is -3.09. The molecule has 26 heavy (non-hydrogen) atoms. The molecule has 0 unspecified atom stereocenters. The second kappa shape index (κ2) is 8.33. The van der Waals surface area contributed by atoms with Crippen LogP contribution in [0.4, 0.5) is 0 Å². The topological polar surface area (TPSA) is 81.6 Å². The number of benzene rings is 1. The first-order chi connectivity index (χ1) is 12.7. The zero-order valence-electron chi connectivity index (χ0n) is 14.8. The standard InChI is InChI=1S/C19H21N3O4/c1-3-8-17-20-16(21-26-17)13-22(4-2)19(23)15-11-12-18(25-15)24-14-9-6-5-7-10-14/h5-7,9-12H,3-4,8,13H2,1-2H3. The van der Waals surface area contributed by atoms with Gasteiger partial charge in [0.1, 0.15) is 5.75 Å². The van der Waals surface area contributed by atoms with Gasteiger partial charge in [0.05, 0.1) is 6.54 Å². The summed E-state index contributed by atoms with van der Waals surface area (Å²) in [6.07, 6.45) is 1.65. The molecular weight excluding hydrogens is 334 g/mol. The summed E-state index contributed by atoms with van der Waals surface area (Å²) < 4.78 is 16.3. The minimum atomic E-state index is -0.253. The van der Waals surface area contributed by atoms with Gasteiger partial charge in [0.2, 0.25) is 5.89 Å². The third-order valence-corrected chi connectivity index (χ3v) is 3.73. The summed E-state index contributed by atoms with van der Waals surface area (Å²) in [5, 5.41) is 3.92. The lowest BCUT2D eigenvalue weighted by Gasteiger charge is -2.17. The molecule has 0 N–H and O–H groups in total. The van der Waals surface area contributed by atoms with Gasteiger partial charge in [-0.2, -0.15) is 4.98 Å². The van der Waals surface area contributed by atoms with Crippen molar-refractivity contribution < 1.29 is 18.5 Å². The number of amides is 1. The van der Waals surface area contributed by atoms with Gasteiger partial charge in [-0.15, -0.1) is 0 Å². The number of hydrogen-bond donors (Lipinski definition) is 0. The van der Waals surface area contributed by atoms with Crippen LogP contribution in [0.2, 0.25) is 0 Å². The normalized spacial score (nSPS) is 10.7. The average molecular weight is 355 g/mol. The van der Waals surface area contributed by atoms with Gasteiger partial charge in [0.15, 0.2) is 11.6 Å². The van der Waals surface area contributed by atoms with E-state index in [4.69, 9.17) is 13.7 Å². The van der Waals surface area contributed by atoms with Gasteiger partial charge in [0.25, 0.3) is 11.9 Å². The van der Waals surface area contributed by atoms with E-state index in [0.717, 1.165) is 12.8 Å². The lowest BCUT2D eigenvalue weighted by atomic mass is 10.3. The molecular formula is C19H21N3O4. The van der Waals surface area contributed by atoms with Crippen molar-refractivity contribution in [2.75, 3.05) is 6.54 Å². The van der Waals surface area contributed by atoms with Crippen LogP contribution in [0.15, 0.2) is 51.4 Å². The highest BCUT2D eigenvalue weighted by atomic mass is 16.6. The first-order valence-corrected chi connectivity index (χ1v) is 8.63. The molecule has 0 aliphatic heterocycles. The van der Waals surface area contributed by atoms with E-state index in [1.807, 2.05) is 44.2 Å². The highest BCUT2D eigenvalue weighted by Crippen LogP contribution is 2.24. The molecule has 2 heterocycles. The maximum absolute atomic E-state index is 12.7. The van der Waals surface area contributed by atoms with Crippen LogP contribution >= 0.6 is 0 Å². The van der Waals surface area contributed by atoms with E-state index < -0.39 is 0 Å². The quantitative estimate of drug-likeness (QED) is 0.606. The molecule has 7 nitrogen and oxygen atoms in total. The number of furan rings is 1. The zero-order chi connectivity index (χ0) is 18.4. The van der Waals surface area contributed by atoms with Gasteiger partial charge in [-0.1, -0.05) is 30.3 Å². The van der Waals surface area contributed by atoms with E-state index >= 15 is 0 Å². The molecule has 1 amide bonds. The van der Waals surface area contributed by atoms with Crippen molar-refractivity contribution in [1.82, 2.24) is 15.0 Å². The van der Waals surface area contributed by atoms with E-state index in [9.17, 15) is 4.79 Å². The molecule has 2 aromatic heterocycles. The summed E-state index contributed by atoms with van der Waals surface area (Å²) >= 11 is 0. The Morgan fingerprint density at radius 2 is 1.96 bits per heavy atom. The molecule has 0 aliphatic rings. The highest BCUT2D eigenvalue weighted by molar-refractivity contribution is 5.91. The lowest BCUT2D eigenvalue weighted by molar-refractivity contribution is 0.0710. The monoisotopic (exact) mass is 355 g/mol. The second-order valence-corrected chi connectivity index (χ2v) is 5.71. The number of ether oxygens (including phenoxy) is 1. The first kappa shape index (κ1) is 17.7.